The van der Waals surface area contributed by atoms with Gasteiger partial charge in [-0.3, -0.25) is 9.82 Å². The lowest BCUT2D eigenvalue weighted by atomic mass is 10.3. The zero-order valence-corrected chi connectivity index (χ0v) is 11.4. The minimum absolute atomic E-state index is 0.0665. The average molecular weight is 321 g/mol. The molecule has 0 saturated heterocycles. The Kier molecular flexibility index (Phi) is 3.81. The average Bonchev–Trinajstić information content (AvgIpc) is 2.73. The fourth-order valence-corrected chi connectivity index (χ4v) is 2.74. The summed E-state index contributed by atoms with van der Waals surface area (Å²) < 4.78 is 67.0. The molecular weight excluding hydrogens is 311 g/mol. The first kappa shape index (κ1) is 15.2. The van der Waals surface area contributed by atoms with E-state index in [1.54, 1.807) is 6.92 Å². The minimum Gasteiger partial charge on any atom is -0.404 e. The van der Waals surface area contributed by atoms with Gasteiger partial charge in [0.25, 0.3) is 10.0 Å². The molecule has 0 amide bonds. The number of sulfonamides is 1. The van der Waals surface area contributed by atoms with Crippen molar-refractivity contribution in [3.05, 3.63) is 36.0 Å². The van der Waals surface area contributed by atoms with Crippen LogP contribution in [0.1, 0.15) is 5.56 Å². The van der Waals surface area contributed by atoms with Crippen molar-refractivity contribution in [3.63, 3.8) is 0 Å². The quantitative estimate of drug-likeness (QED) is 0.906. The Hall–Kier alpha value is -2.23. The van der Waals surface area contributed by atoms with Crippen molar-refractivity contribution in [2.75, 3.05) is 4.72 Å². The highest BCUT2D eigenvalue weighted by Gasteiger charge is 2.34. The van der Waals surface area contributed by atoms with Crippen molar-refractivity contribution in [1.29, 1.82) is 0 Å². The number of benzene rings is 1. The first-order chi connectivity index (χ1) is 9.69. The maximum Gasteiger partial charge on any atom is 0.573 e. The fraction of sp³-hybridized carbons (Fsp3) is 0.182. The van der Waals surface area contributed by atoms with Gasteiger partial charge in [-0.15, -0.1) is 13.2 Å². The molecule has 1 heterocycles. The van der Waals surface area contributed by atoms with Crippen LogP contribution >= 0.6 is 0 Å². The number of nitrogens with one attached hydrogen (secondary N) is 2. The molecule has 0 aliphatic carbocycles. The maximum absolute atomic E-state index is 12.3. The van der Waals surface area contributed by atoms with Gasteiger partial charge in [0.2, 0.25) is 0 Å². The number of aromatic nitrogens is 2. The first-order valence-electron chi connectivity index (χ1n) is 5.56. The van der Waals surface area contributed by atoms with Gasteiger partial charge in [0.15, 0.2) is 0 Å². The maximum atomic E-state index is 12.3. The van der Waals surface area contributed by atoms with E-state index in [-0.39, 0.29) is 5.82 Å². The summed E-state index contributed by atoms with van der Waals surface area (Å²) in [5, 5.41) is 6.01. The Balaban J connectivity index is 2.39. The van der Waals surface area contributed by atoms with Crippen molar-refractivity contribution in [2.45, 2.75) is 18.2 Å². The topological polar surface area (TPSA) is 84.1 Å². The van der Waals surface area contributed by atoms with Crippen LogP contribution in [-0.2, 0) is 10.0 Å². The van der Waals surface area contributed by atoms with E-state index < -0.39 is 27.0 Å². The van der Waals surface area contributed by atoms with Crippen LogP contribution in [0.15, 0.2) is 35.4 Å². The molecule has 0 saturated carbocycles. The number of nitrogens with zero attached hydrogens (tertiary/aromatic N) is 1. The Morgan fingerprint density at radius 3 is 2.52 bits per heavy atom. The summed E-state index contributed by atoms with van der Waals surface area (Å²) >= 11 is 0. The van der Waals surface area contributed by atoms with Crippen LogP contribution in [0, 0.1) is 6.92 Å². The van der Waals surface area contributed by atoms with Gasteiger partial charge < -0.3 is 4.74 Å². The highest BCUT2D eigenvalue weighted by atomic mass is 32.2. The molecule has 114 valence electrons. The number of H-pyrrole nitrogens is 1. The monoisotopic (exact) mass is 321 g/mol. The Morgan fingerprint density at radius 1 is 1.29 bits per heavy atom. The number of rotatable bonds is 4. The van der Waals surface area contributed by atoms with E-state index >= 15 is 0 Å². The summed E-state index contributed by atoms with van der Waals surface area (Å²) in [5.41, 5.74) is 0.493. The molecule has 2 rings (SSSR count). The first-order valence-corrected chi connectivity index (χ1v) is 7.05. The third kappa shape index (κ3) is 3.66. The molecule has 0 atom stereocenters. The normalized spacial score (nSPS) is 12.2. The van der Waals surface area contributed by atoms with Gasteiger partial charge in [0.05, 0.1) is 6.20 Å². The zero-order valence-electron chi connectivity index (χ0n) is 10.6. The Bertz CT molecular complexity index is 740. The van der Waals surface area contributed by atoms with Crippen LogP contribution in [0.2, 0.25) is 0 Å². The molecule has 2 N–H and O–H groups in total. The lowest BCUT2D eigenvalue weighted by molar-refractivity contribution is -0.275. The van der Waals surface area contributed by atoms with Crippen molar-refractivity contribution >= 4 is 15.8 Å². The van der Waals surface area contributed by atoms with Gasteiger partial charge in [0.1, 0.15) is 16.5 Å². The number of aryl methyl sites for hydroxylation is 1. The summed E-state index contributed by atoms with van der Waals surface area (Å²) in [7, 11) is -4.26. The van der Waals surface area contributed by atoms with Gasteiger partial charge in [-0.25, -0.2) is 8.42 Å². The van der Waals surface area contributed by atoms with E-state index in [4.69, 9.17) is 0 Å². The molecular formula is C11H10F3N3O3S. The smallest absolute Gasteiger partial charge is 0.404 e. The van der Waals surface area contributed by atoms with E-state index in [1.807, 2.05) is 0 Å². The van der Waals surface area contributed by atoms with Crippen LogP contribution < -0.4 is 9.46 Å². The standard InChI is InChI=1S/C11H10F3N3O3S/c1-7-6-15-16-10(7)17-21(18,19)9-5-3-2-4-8(9)20-11(12,13)14/h2-6H,1H3,(H2,15,16,17). The summed E-state index contributed by atoms with van der Waals surface area (Å²) in [4.78, 5) is -0.628. The van der Waals surface area contributed by atoms with Gasteiger partial charge in [-0.05, 0) is 19.1 Å². The Labute approximate surface area is 118 Å². The summed E-state index contributed by atoms with van der Waals surface area (Å²) in [6.07, 6.45) is -3.62. The summed E-state index contributed by atoms with van der Waals surface area (Å²) in [6.45, 7) is 1.58. The van der Waals surface area contributed by atoms with Gasteiger partial charge in [-0.2, -0.15) is 5.10 Å². The van der Waals surface area contributed by atoms with Crippen molar-refractivity contribution in [3.8, 4) is 5.75 Å². The van der Waals surface area contributed by atoms with Crippen LogP contribution in [0.25, 0.3) is 0 Å². The Morgan fingerprint density at radius 2 is 1.95 bits per heavy atom. The van der Waals surface area contributed by atoms with Crippen LogP contribution in [-0.4, -0.2) is 25.0 Å². The van der Waals surface area contributed by atoms with E-state index in [9.17, 15) is 21.6 Å². The van der Waals surface area contributed by atoms with Gasteiger partial charge in [0, 0.05) is 5.56 Å². The van der Waals surface area contributed by atoms with Crippen molar-refractivity contribution in [1.82, 2.24) is 10.2 Å². The highest BCUT2D eigenvalue weighted by Crippen LogP contribution is 2.30. The number of hydrogen-bond donors (Lipinski definition) is 2. The molecule has 1 aromatic carbocycles. The number of halogens is 3. The molecule has 0 aliphatic heterocycles. The van der Waals surface area contributed by atoms with E-state index in [0.29, 0.717) is 5.56 Å². The van der Waals surface area contributed by atoms with Gasteiger partial charge in [-0.1, -0.05) is 12.1 Å². The molecule has 0 bridgehead atoms. The lowest BCUT2D eigenvalue weighted by Crippen LogP contribution is -2.21. The second-order valence-electron chi connectivity index (χ2n) is 4.03. The summed E-state index contributed by atoms with van der Waals surface area (Å²) in [5.74, 6) is -0.744. The van der Waals surface area contributed by atoms with Crippen LogP contribution in [0.4, 0.5) is 19.0 Å². The number of hydrogen-bond acceptors (Lipinski definition) is 4. The third-order valence-corrected chi connectivity index (χ3v) is 3.82. The molecule has 21 heavy (non-hydrogen) atoms. The number of para-hydroxylation sites is 1. The molecule has 2 aromatic rings. The van der Waals surface area contributed by atoms with E-state index in [2.05, 4.69) is 19.7 Å². The number of ether oxygens (including phenoxy) is 1. The molecule has 0 aliphatic rings. The van der Waals surface area contributed by atoms with Crippen molar-refractivity contribution in [2.24, 2.45) is 0 Å². The predicted molar refractivity (Wildman–Crippen MR) is 67.3 cm³/mol. The molecule has 0 fully saturated rings. The molecule has 10 heteroatoms. The zero-order chi connectivity index (χ0) is 15.7. The molecule has 6 nitrogen and oxygen atoms in total. The van der Waals surface area contributed by atoms with Crippen LogP contribution in [0.5, 0.6) is 5.75 Å². The van der Waals surface area contributed by atoms with Crippen molar-refractivity contribution < 1.29 is 26.3 Å². The van der Waals surface area contributed by atoms with E-state index in [0.717, 1.165) is 12.1 Å². The van der Waals surface area contributed by atoms with E-state index in [1.165, 1.54) is 18.3 Å². The fourth-order valence-electron chi connectivity index (χ4n) is 1.52. The second-order valence-corrected chi connectivity index (χ2v) is 5.68. The van der Waals surface area contributed by atoms with Gasteiger partial charge >= 0.3 is 6.36 Å². The number of anilines is 1. The largest absolute Gasteiger partial charge is 0.573 e. The SMILES string of the molecule is Cc1cn[nH]c1NS(=O)(=O)c1ccccc1OC(F)(F)F. The molecule has 0 radical (unpaired) electrons. The lowest BCUT2D eigenvalue weighted by Gasteiger charge is -2.14. The highest BCUT2D eigenvalue weighted by molar-refractivity contribution is 7.92. The molecule has 0 spiro atoms. The molecule has 0 unspecified atom stereocenters. The third-order valence-electron chi connectivity index (χ3n) is 2.43. The minimum atomic E-state index is -4.99. The number of aromatic amines is 1. The van der Waals surface area contributed by atoms with Crippen LogP contribution in [0.3, 0.4) is 0 Å². The number of alkyl halides is 3. The summed E-state index contributed by atoms with van der Waals surface area (Å²) in [6, 6.07) is 4.45. The second kappa shape index (κ2) is 5.28. The predicted octanol–water partition coefficient (Wildman–Crippen LogP) is 2.42. The molecule has 1 aromatic heterocycles.